The Morgan fingerprint density at radius 3 is 2.24 bits per heavy atom. The molecule has 0 bridgehead atoms. The number of hydrogen-bond acceptors (Lipinski definition) is 5. The molecule has 25 heavy (non-hydrogen) atoms. The Kier molecular flexibility index (Phi) is 5.87. The average Bonchev–Trinajstić information content (AvgIpc) is 2.59. The third-order valence-electron chi connectivity index (χ3n) is 3.44. The lowest BCUT2D eigenvalue weighted by atomic mass is 10.3. The van der Waals surface area contributed by atoms with Crippen LogP contribution in [-0.4, -0.2) is 41.3 Å². The van der Waals surface area contributed by atoms with Crippen molar-refractivity contribution in [2.75, 3.05) is 36.6 Å². The Morgan fingerprint density at radius 1 is 1.08 bits per heavy atom. The fraction of sp³-hybridized carbons (Fsp3) is 0.235. The van der Waals surface area contributed by atoms with Crippen molar-refractivity contribution >= 4 is 27.3 Å². The number of rotatable bonds is 7. The summed E-state index contributed by atoms with van der Waals surface area (Å²) in [4.78, 5) is 12.0. The van der Waals surface area contributed by atoms with Crippen LogP contribution in [0.3, 0.4) is 0 Å². The molecule has 0 aliphatic heterocycles. The van der Waals surface area contributed by atoms with Gasteiger partial charge >= 0.3 is 0 Å². The highest BCUT2D eigenvalue weighted by Gasteiger charge is 2.12. The second-order valence-electron chi connectivity index (χ2n) is 5.27. The largest absolute Gasteiger partial charge is 0.493 e. The summed E-state index contributed by atoms with van der Waals surface area (Å²) < 4.78 is 34.7. The number of amides is 1. The van der Waals surface area contributed by atoms with E-state index in [1.807, 2.05) is 0 Å². The van der Waals surface area contributed by atoms with E-state index in [0.29, 0.717) is 22.9 Å². The fourth-order valence-electron chi connectivity index (χ4n) is 2.02. The van der Waals surface area contributed by atoms with Gasteiger partial charge in [-0.2, -0.15) is 0 Å². The Balaban J connectivity index is 1.95. The van der Waals surface area contributed by atoms with Gasteiger partial charge < -0.3 is 14.8 Å². The molecule has 2 aromatic carbocycles. The van der Waals surface area contributed by atoms with Crippen molar-refractivity contribution in [2.45, 2.75) is 0 Å². The second-order valence-corrected chi connectivity index (χ2v) is 7.28. The summed E-state index contributed by atoms with van der Waals surface area (Å²) in [6.07, 6.45) is 1.12. The van der Waals surface area contributed by atoms with E-state index in [4.69, 9.17) is 9.47 Å². The minimum Gasteiger partial charge on any atom is -0.493 e. The summed E-state index contributed by atoms with van der Waals surface area (Å²) in [6, 6.07) is 13.5. The van der Waals surface area contributed by atoms with Crippen LogP contribution in [0.25, 0.3) is 0 Å². The molecule has 2 rings (SSSR count). The van der Waals surface area contributed by atoms with Gasteiger partial charge in [0.05, 0.1) is 19.1 Å². The molecule has 134 valence electrons. The number of nitrogens with one attached hydrogen (secondary N) is 1. The van der Waals surface area contributed by atoms with Crippen LogP contribution in [0, 0.1) is 0 Å². The molecule has 0 radical (unpaired) electrons. The highest BCUT2D eigenvalue weighted by Crippen LogP contribution is 2.25. The molecular weight excluding hydrogens is 344 g/mol. The van der Waals surface area contributed by atoms with Crippen molar-refractivity contribution in [3.8, 4) is 11.5 Å². The quantitative estimate of drug-likeness (QED) is 0.813. The SMILES string of the molecule is COc1ccccc1OCC(=O)Nc1ccc(N(C)S(C)(=O)=O)cc1. The maximum absolute atomic E-state index is 12.0. The third-order valence-corrected chi connectivity index (χ3v) is 4.65. The van der Waals surface area contributed by atoms with Gasteiger partial charge in [0.25, 0.3) is 5.91 Å². The number of methoxy groups -OCH3 is 1. The molecule has 0 spiro atoms. The number of benzene rings is 2. The summed E-state index contributed by atoms with van der Waals surface area (Å²) in [7, 11) is -0.336. The summed E-state index contributed by atoms with van der Waals surface area (Å²) in [5, 5.41) is 2.68. The molecule has 0 atom stereocenters. The smallest absolute Gasteiger partial charge is 0.262 e. The van der Waals surface area contributed by atoms with Crippen molar-refractivity contribution in [2.24, 2.45) is 0 Å². The van der Waals surface area contributed by atoms with Crippen LogP contribution in [0.2, 0.25) is 0 Å². The molecule has 2 aromatic rings. The first kappa shape index (κ1) is 18.6. The molecule has 7 nitrogen and oxygen atoms in total. The Hall–Kier alpha value is -2.74. The molecule has 0 aromatic heterocycles. The van der Waals surface area contributed by atoms with Crippen LogP contribution in [0.4, 0.5) is 11.4 Å². The highest BCUT2D eigenvalue weighted by molar-refractivity contribution is 7.92. The van der Waals surface area contributed by atoms with Crippen LogP contribution < -0.4 is 19.1 Å². The Labute approximate surface area is 147 Å². The van der Waals surface area contributed by atoms with Crippen LogP contribution in [0.1, 0.15) is 0 Å². The monoisotopic (exact) mass is 364 g/mol. The normalized spacial score (nSPS) is 10.8. The zero-order valence-corrected chi connectivity index (χ0v) is 15.0. The summed E-state index contributed by atoms with van der Waals surface area (Å²) in [5.41, 5.74) is 1.05. The van der Waals surface area contributed by atoms with Crippen molar-refractivity contribution in [3.05, 3.63) is 48.5 Å². The van der Waals surface area contributed by atoms with Crippen molar-refractivity contribution in [1.82, 2.24) is 0 Å². The number of hydrogen-bond donors (Lipinski definition) is 1. The second kappa shape index (κ2) is 7.89. The van der Waals surface area contributed by atoms with E-state index >= 15 is 0 Å². The lowest BCUT2D eigenvalue weighted by molar-refractivity contribution is -0.118. The van der Waals surface area contributed by atoms with Gasteiger partial charge in [0.15, 0.2) is 18.1 Å². The molecule has 0 fully saturated rings. The van der Waals surface area contributed by atoms with E-state index in [0.717, 1.165) is 10.6 Å². The first-order valence-corrected chi connectivity index (χ1v) is 9.25. The molecule has 0 unspecified atom stereocenters. The fourth-order valence-corrected chi connectivity index (χ4v) is 2.53. The standard InChI is InChI=1S/C17H20N2O5S/c1-19(25(3,21)22)14-10-8-13(9-11-14)18-17(20)12-24-16-7-5-4-6-15(16)23-2/h4-11H,12H2,1-3H3,(H,18,20). The maximum atomic E-state index is 12.0. The molecule has 1 amide bonds. The lowest BCUT2D eigenvalue weighted by Gasteiger charge is -2.17. The Bertz CT molecular complexity index is 834. The van der Waals surface area contributed by atoms with E-state index in [9.17, 15) is 13.2 Å². The molecule has 0 aliphatic carbocycles. The van der Waals surface area contributed by atoms with Gasteiger partial charge in [0.1, 0.15) is 0 Å². The maximum Gasteiger partial charge on any atom is 0.262 e. The van der Waals surface area contributed by atoms with E-state index < -0.39 is 10.0 Å². The molecule has 0 aliphatic rings. The molecule has 0 saturated heterocycles. The molecule has 1 N–H and O–H groups in total. The van der Waals surface area contributed by atoms with E-state index in [1.54, 1.807) is 48.5 Å². The summed E-state index contributed by atoms with van der Waals surface area (Å²) >= 11 is 0. The van der Waals surface area contributed by atoms with E-state index in [1.165, 1.54) is 14.2 Å². The minimum absolute atomic E-state index is 0.175. The summed E-state index contributed by atoms with van der Waals surface area (Å²) in [6.45, 7) is -0.175. The number of carbonyl (C=O) groups excluding carboxylic acids is 1. The predicted molar refractivity (Wildman–Crippen MR) is 96.8 cm³/mol. The third kappa shape index (κ3) is 5.12. The number of ether oxygens (including phenoxy) is 2. The number of sulfonamides is 1. The first-order chi connectivity index (χ1) is 11.8. The van der Waals surface area contributed by atoms with Gasteiger partial charge in [-0.25, -0.2) is 8.42 Å². The van der Waals surface area contributed by atoms with Gasteiger partial charge in [-0.05, 0) is 36.4 Å². The van der Waals surface area contributed by atoms with Crippen molar-refractivity contribution in [1.29, 1.82) is 0 Å². The topological polar surface area (TPSA) is 84.9 Å². The van der Waals surface area contributed by atoms with Crippen LogP contribution in [0.15, 0.2) is 48.5 Å². The molecule has 0 heterocycles. The van der Waals surface area contributed by atoms with E-state index in [-0.39, 0.29) is 12.5 Å². The van der Waals surface area contributed by atoms with Crippen LogP contribution >= 0.6 is 0 Å². The number of carbonyl (C=O) groups is 1. The highest BCUT2D eigenvalue weighted by atomic mass is 32.2. The van der Waals surface area contributed by atoms with Crippen molar-refractivity contribution in [3.63, 3.8) is 0 Å². The van der Waals surface area contributed by atoms with Gasteiger partial charge in [-0.15, -0.1) is 0 Å². The van der Waals surface area contributed by atoms with Gasteiger partial charge in [-0.3, -0.25) is 9.10 Å². The predicted octanol–water partition coefficient (Wildman–Crippen LogP) is 2.11. The van der Waals surface area contributed by atoms with Crippen LogP contribution in [0.5, 0.6) is 11.5 Å². The number of nitrogens with zero attached hydrogens (tertiary/aromatic N) is 1. The number of para-hydroxylation sites is 2. The van der Waals surface area contributed by atoms with Gasteiger partial charge in [-0.1, -0.05) is 12.1 Å². The Morgan fingerprint density at radius 2 is 1.68 bits per heavy atom. The van der Waals surface area contributed by atoms with E-state index in [2.05, 4.69) is 5.32 Å². The zero-order valence-electron chi connectivity index (χ0n) is 14.2. The molecule has 0 saturated carbocycles. The lowest BCUT2D eigenvalue weighted by Crippen LogP contribution is -2.24. The average molecular weight is 364 g/mol. The first-order valence-electron chi connectivity index (χ1n) is 7.41. The minimum atomic E-state index is -3.32. The number of anilines is 2. The summed E-state index contributed by atoms with van der Waals surface area (Å²) in [5.74, 6) is 0.684. The van der Waals surface area contributed by atoms with Gasteiger partial charge in [0, 0.05) is 12.7 Å². The van der Waals surface area contributed by atoms with Crippen LogP contribution in [-0.2, 0) is 14.8 Å². The zero-order chi connectivity index (χ0) is 18.4. The molecular formula is C17H20N2O5S. The van der Waals surface area contributed by atoms with Gasteiger partial charge in [0.2, 0.25) is 10.0 Å². The molecule has 8 heteroatoms. The van der Waals surface area contributed by atoms with Crippen molar-refractivity contribution < 1.29 is 22.7 Å².